The number of para-hydroxylation sites is 3. The van der Waals surface area contributed by atoms with Crippen LogP contribution in [0.2, 0.25) is 0 Å². The number of rotatable bonds is 5. The Kier molecular flexibility index (Phi) is 4.83. The van der Waals surface area contributed by atoms with Crippen molar-refractivity contribution in [1.82, 2.24) is 10.6 Å². The van der Waals surface area contributed by atoms with E-state index in [2.05, 4.69) is 10.6 Å². The Morgan fingerprint density at radius 3 is 2.61 bits per heavy atom. The van der Waals surface area contributed by atoms with Crippen molar-refractivity contribution in [3.63, 3.8) is 0 Å². The molecule has 0 bridgehead atoms. The maximum atomic E-state index is 11.7. The van der Waals surface area contributed by atoms with Crippen LogP contribution in [0.15, 0.2) is 54.6 Å². The molecule has 0 aliphatic carbocycles. The van der Waals surface area contributed by atoms with Crippen molar-refractivity contribution < 1.29 is 19.0 Å². The molecule has 1 aliphatic rings. The fourth-order valence-corrected chi connectivity index (χ4v) is 2.13. The van der Waals surface area contributed by atoms with Gasteiger partial charge in [0.05, 0.1) is 6.54 Å². The molecule has 120 valence electrons. The van der Waals surface area contributed by atoms with Gasteiger partial charge in [-0.15, -0.1) is 0 Å². The van der Waals surface area contributed by atoms with Gasteiger partial charge in [0.15, 0.2) is 24.3 Å². The van der Waals surface area contributed by atoms with E-state index < -0.39 is 0 Å². The van der Waals surface area contributed by atoms with Gasteiger partial charge in [0, 0.05) is 0 Å². The molecule has 3 rings (SSSR count). The van der Waals surface area contributed by atoms with E-state index in [0.717, 1.165) is 5.75 Å². The van der Waals surface area contributed by atoms with E-state index in [1.807, 2.05) is 54.6 Å². The topological polar surface area (TPSA) is 68.8 Å². The maximum Gasteiger partial charge on any atom is 0.317 e. The predicted molar refractivity (Wildman–Crippen MR) is 84.8 cm³/mol. The number of nitrogens with one attached hydrogen (secondary N) is 2. The highest BCUT2D eigenvalue weighted by molar-refractivity contribution is 5.73. The fourth-order valence-electron chi connectivity index (χ4n) is 2.13. The zero-order valence-corrected chi connectivity index (χ0v) is 12.5. The maximum absolute atomic E-state index is 11.7. The molecule has 1 aliphatic heterocycles. The van der Waals surface area contributed by atoms with E-state index in [0.29, 0.717) is 24.7 Å². The van der Waals surface area contributed by atoms with Gasteiger partial charge >= 0.3 is 6.03 Å². The third-order valence-corrected chi connectivity index (χ3v) is 3.27. The Morgan fingerprint density at radius 1 is 1.04 bits per heavy atom. The molecular formula is C17H18N2O4. The first kappa shape index (κ1) is 15.0. The Labute approximate surface area is 134 Å². The van der Waals surface area contributed by atoms with Crippen molar-refractivity contribution in [2.24, 2.45) is 0 Å². The smallest absolute Gasteiger partial charge is 0.317 e. The summed E-state index contributed by atoms with van der Waals surface area (Å²) in [7, 11) is 0. The lowest BCUT2D eigenvalue weighted by atomic mass is 10.2. The van der Waals surface area contributed by atoms with Crippen LogP contribution in [0.25, 0.3) is 0 Å². The van der Waals surface area contributed by atoms with Gasteiger partial charge in [0.1, 0.15) is 12.4 Å². The highest BCUT2D eigenvalue weighted by atomic mass is 16.6. The van der Waals surface area contributed by atoms with Gasteiger partial charge in [-0.25, -0.2) is 4.79 Å². The first-order valence-electron chi connectivity index (χ1n) is 7.39. The van der Waals surface area contributed by atoms with Gasteiger partial charge in [-0.1, -0.05) is 30.3 Å². The number of ether oxygens (including phenoxy) is 3. The number of hydrogen-bond acceptors (Lipinski definition) is 4. The second-order valence-electron chi connectivity index (χ2n) is 4.99. The summed E-state index contributed by atoms with van der Waals surface area (Å²) in [6.45, 7) is 0.851. The van der Waals surface area contributed by atoms with E-state index in [1.165, 1.54) is 0 Å². The van der Waals surface area contributed by atoms with Gasteiger partial charge < -0.3 is 24.8 Å². The van der Waals surface area contributed by atoms with Crippen LogP contribution in [-0.2, 0) is 0 Å². The minimum atomic E-state index is -0.316. The summed E-state index contributed by atoms with van der Waals surface area (Å²) in [6.07, 6.45) is -0.217. The molecule has 0 radical (unpaired) electrons. The minimum absolute atomic E-state index is 0.0979. The average Bonchev–Trinajstić information content (AvgIpc) is 2.61. The summed E-state index contributed by atoms with van der Waals surface area (Å²) in [5.41, 5.74) is 0. The zero-order valence-electron chi connectivity index (χ0n) is 12.5. The summed E-state index contributed by atoms with van der Waals surface area (Å²) in [5.74, 6) is 2.12. The minimum Gasteiger partial charge on any atom is -0.486 e. The van der Waals surface area contributed by atoms with Crippen LogP contribution in [0.5, 0.6) is 17.2 Å². The lowest BCUT2D eigenvalue weighted by Gasteiger charge is -2.26. The molecule has 1 unspecified atom stereocenters. The number of hydrogen-bond donors (Lipinski definition) is 2. The molecule has 0 spiro atoms. The molecule has 2 aromatic rings. The van der Waals surface area contributed by atoms with E-state index in [-0.39, 0.29) is 18.9 Å². The van der Waals surface area contributed by atoms with Crippen molar-refractivity contribution >= 4 is 6.03 Å². The number of amides is 2. The quantitative estimate of drug-likeness (QED) is 0.830. The first-order valence-corrected chi connectivity index (χ1v) is 7.39. The SMILES string of the molecule is O=C(NCOc1ccccc1)NCC1COc2ccccc2O1. The Hall–Kier alpha value is -2.89. The van der Waals surface area contributed by atoms with Gasteiger partial charge in [-0.2, -0.15) is 0 Å². The molecular weight excluding hydrogens is 296 g/mol. The largest absolute Gasteiger partial charge is 0.486 e. The third kappa shape index (κ3) is 4.29. The molecule has 2 amide bonds. The molecule has 0 aromatic heterocycles. The number of fused-ring (bicyclic) bond motifs is 1. The number of carbonyl (C=O) groups is 1. The normalized spacial score (nSPS) is 15.6. The van der Waals surface area contributed by atoms with Crippen LogP contribution in [0.1, 0.15) is 0 Å². The summed E-state index contributed by atoms with van der Waals surface area (Å²) < 4.78 is 16.7. The van der Waals surface area contributed by atoms with Crippen LogP contribution >= 0.6 is 0 Å². The van der Waals surface area contributed by atoms with Crippen molar-refractivity contribution in [1.29, 1.82) is 0 Å². The molecule has 0 fully saturated rings. The third-order valence-electron chi connectivity index (χ3n) is 3.27. The highest BCUT2D eigenvalue weighted by Crippen LogP contribution is 2.30. The molecule has 0 saturated carbocycles. The zero-order chi connectivity index (χ0) is 15.9. The molecule has 1 atom stereocenters. The van der Waals surface area contributed by atoms with Gasteiger partial charge in [0.2, 0.25) is 0 Å². The summed E-state index contributed by atoms with van der Waals surface area (Å²) in [5, 5.41) is 5.36. The highest BCUT2D eigenvalue weighted by Gasteiger charge is 2.20. The lowest BCUT2D eigenvalue weighted by molar-refractivity contribution is 0.0915. The monoisotopic (exact) mass is 314 g/mol. The summed E-state index contributed by atoms with van der Waals surface area (Å²) in [4.78, 5) is 11.7. The van der Waals surface area contributed by atoms with E-state index in [4.69, 9.17) is 14.2 Å². The number of urea groups is 1. The second-order valence-corrected chi connectivity index (χ2v) is 4.99. The molecule has 1 heterocycles. The molecule has 0 saturated heterocycles. The van der Waals surface area contributed by atoms with Crippen molar-refractivity contribution in [2.45, 2.75) is 6.10 Å². The molecule has 2 N–H and O–H groups in total. The number of benzene rings is 2. The first-order chi connectivity index (χ1) is 11.3. The molecule has 6 nitrogen and oxygen atoms in total. The van der Waals surface area contributed by atoms with Gasteiger partial charge in [0.25, 0.3) is 0 Å². The van der Waals surface area contributed by atoms with Crippen molar-refractivity contribution in [2.75, 3.05) is 19.9 Å². The van der Waals surface area contributed by atoms with Crippen LogP contribution in [0, 0.1) is 0 Å². The predicted octanol–water partition coefficient (Wildman–Crippen LogP) is 2.16. The van der Waals surface area contributed by atoms with Crippen LogP contribution in [0.3, 0.4) is 0 Å². The Morgan fingerprint density at radius 2 is 1.78 bits per heavy atom. The molecule has 6 heteroatoms. The van der Waals surface area contributed by atoms with Crippen LogP contribution in [-0.4, -0.2) is 32.0 Å². The van der Waals surface area contributed by atoms with Crippen LogP contribution in [0.4, 0.5) is 4.79 Å². The van der Waals surface area contributed by atoms with Gasteiger partial charge in [-0.05, 0) is 24.3 Å². The molecule has 23 heavy (non-hydrogen) atoms. The Bertz CT molecular complexity index is 648. The molecule has 2 aromatic carbocycles. The van der Waals surface area contributed by atoms with Crippen LogP contribution < -0.4 is 24.8 Å². The van der Waals surface area contributed by atoms with E-state index >= 15 is 0 Å². The summed E-state index contributed by atoms with van der Waals surface area (Å²) in [6, 6.07) is 16.4. The summed E-state index contributed by atoms with van der Waals surface area (Å²) >= 11 is 0. The average molecular weight is 314 g/mol. The second kappa shape index (κ2) is 7.40. The van der Waals surface area contributed by atoms with Gasteiger partial charge in [-0.3, -0.25) is 0 Å². The fraction of sp³-hybridized carbons (Fsp3) is 0.235. The van der Waals surface area contributed by atoms with Crippen molar-refractivity contribution in [3.05, 3.63) is 54.6 Å². The number of carbonyl (C=O) groups excluding carboxylic acids is 1. The van der Waals surface area contributed by atoms with E-state index in [9.17, 15) is 4.79 Å². The van der Waals surface area contributed by atoms with E-state index in [1.54, 1.807) is 0 Å². The Balaban J connectivity index is 1.37. The van der Waals surface area contributed by atoms with Crippen molar-refractivity contribution in [3.8, 4) is 17.2 Å². The lowest BCUT2D eigenvalue weighted by Crippen LogP contribution is -2.45. The standard InChI is InChI=1S/C17H18N2O4/c20-17(19-12-22-13-6-2-1-3-7-13)18-10-14-11-21-15-8-4-5-9-16(15)23-14/h1-9,14H,10-12H2,(H2,18,19,20).